The first-order chi connectivity index (χ1) is 9.49. The molecule has 1 aliphatic carbocycles. The minimum Gasteiger partial charge on any atom is -0.489 e. The van der Waals surface area contributed by atoms with Gasteiger partial charge in [-0.1, -0.05) is 36.2 Å². The van der Waals surface area contributed by atoms with Crippen LogP contribution in [0.25, 0.3) is 0 Å². The van der Waals surface area contributed by atoms with Crippen LogP contribution in [0.4, 0.5) is 0 Å². The van der Waals surface area contributed by atoms with Crippen molar-refractivity contribution in [2.24, 2.45) is 11.8 Å². The Morgan fingerprint density at radius 2 is 2.25 bits per heavy atom. The fourth-order valence-electron chi connectivity index (χ4n) is 1.88. The zero-order chi connectivity index (χ0) is 14.7. The third kappa shape index (κ3) is 4.01. The zero-order valence-electron chi connectivity index (χ0n) is 11.1. The maximum Gasteiger partial charge on any atom is 0.223 e. The fourth-order valence-corrected chi connectivity index (χ4v) is 2.22. The number of carbonyl (C=O) groups is 1. The molecule has 1 aromatic carbocycles. The summed E-state index contributed by atoms with van der Waals surface area (Å²) in [6.45, 7) is 2.24. The van der Waals surface area contributed by atoms with Crippen LogP contribution in [0.2, 0.25) is 10.0 Å². The molecule has 0 saturated heterocycles. The summed E-state index contributed by atoms with van der Waals surface area (Å²) in [5.41, 5.74) is 0. The number of amides is 1. The number of rotatable bonds is 6. The van der Waals surface area contributed by atoms with Crippen LogP contribution < -0.4 is 10.1 Å². The number of halogens is 2. The summed E-state index contributed by atoms with van der Waals surface area (Å²) in [7, 11) is 0. The molecule has 2 N–H and O–H groups in total. The number of hydrogen-bond acceptors (Lipinski definition) is 3. The molecule has 1 fully saturated rings. The summed E-state index contributed by atoms with van der Waals surface area (Å²) in [4.78, 5) is 11.6. The second-order valence-corrected chi connectivity index (χ2v) is 5.87. The van der Waals surface area contributed by atoms with Gasteiger partial charge < -0.3 is 15.2 Å². The van der Waals surface area contributed by atoms with Gasteiger partial charge in [-0.3, -0.25) is 4.79 Å². The van der Waals surface area contributed by atoms with E-state index < -0.39 is 6.10 Å². The monoisotopic (exact) mass is 317 g/mol. The lowest BCUT2D eigenvalue weighted by molar-refractivity contribution is -0.123. The second-order valence-electron chi connectivity index (χ2n) is 5.08. The largest absolute Gasteiger partial charge is 0.489 e. The van der Waals surface area contributed by atoms with Gasteiger partial charge in [0, 0.05) is 12.5 Å². The lowest BCUT2D eigenvalue weighted by Gasteiger charge is -2.14. The number of nitrogens with one attached hydrogen (secondary N) is 1. The molecule has 1 aromatic rings. The van der Waals surface area contributed by atoms with Crippen LogP contribution in [0.1, 0.15) is 13.3 Å². The molecule has 110 valence electrons. The molecule has 1 aliphatic rings. The average Bonchev–Trinajstić information content (AvgIpc) is 3.15. The van der Waals surface area contributed by atoms with Gasteiger partial charge in [-0.15, -0.1) is 0 Å². The van der Waals surface area contributed by atoms with Crippen molar-refractivity contribution in [3.8, 4) is 5.75 Å². The first-order valence-corrected chi connectivity index (χ1v) is 7.27. The highest BCUT2D eigenvalue weighted by Gasteiger charge is 2.38. The van der Waals surface area contributed by atoms with Gasteiger partial charge in [0.2, 0.25) is 5.91 Å². The van der Waals surface area contributed by atoms with Gasteiger partial charge in [0.05, 0.1) is 5.02 Å². The molecule has 0 unspecified atom stereocenters. The van der Waals surface area contributed by atoms with E-state index >= 15 is 0 Å². The van der Waals surface area contributed by atoms with Crippen LogP contribution in [0.15, 0.2) is 18.2 Å². The third-order valence-corrected chi connectivity index (χ3v) is 4.11. The number of carbonyl (C=O) groups excluding carboxylic acids is 1. The van der Waals surface area contributed by atoms with Crippen molar-refractivity contribution in [2.45, 2.75) is 19.4 Å². The predicted molar refractivity (Wildman–Crippen MR) is 78.2 cm³/mol. The van der Waals surface area contributed by atoms with E-state index in [-0.39, 0.29) is 25.0 Å². The molecule has 0 heterocycles. The van der Waals surface area contributed by atoms with Crippen molar-refractivity contribution in [2.75, 3.05) is 13.2 Å². The van der Waals surface area contributed by atoms with Crippen LogP contribution in [0.3, 0.4) is 0 Å². The van der Waals surface area contributed by atoms with Crippen LogP contribution >= 0.6 is 23.2 Å². The summed E-state index contributed by atoms with van der Waals surface area (Å²) in [6.07, 6.45) is 0.138. The van der Waals surface area contributed by atoms with E-state index in [1.54, 1.807) is 18.2 Å². The number of benzene rings is 1. The van der Waals surface area contributed by atoms with Gasteiger partial charge in [-0.25, -0.2) is 0 Å². The maximum atomic E-state index is 11.6. The quantitative estimate of drug-likeness (QED) is 0.847. The van der Waals surface area contributed by atoms with Crippen molar-refractivity contribution >= 4 is 29.1 Å². The molecule has 6 heteroatoms. The van der Waals surface area contributed by atoms with E-state index in [9.17, 15) is 9.90 Å². The first-order valence-electron chi connectivity index (χ1n) is 6.51. The highest BCUT2D eigenvalue weighted by Crippen LogP contribution is 2.37. The number of aliphatic hydroxyl groups is 1. The zero-order valence-corrected chi connectivity index (χ0v) is 12.6. The lowest BCUT2D eigenvalue weighted by atomic mass is 10.3. The van der Waals surface area contributed by atoms with Gasteiger partial charge >= 0.3 is 0 Å². The van der Waals surface area contributed by atoms with Crippen LogP contribution in [-0.4, -0.2) is 30.3 Å². The number of hydrogen-bond donors (Lipinski definition) is 2. The normalized spacial score (nSPS) is 22.2. The molecule has 3 atom stereocenters. The molecule has 1 amide bonds. The summed E-state index contributed by atoms with van der Waals surface area (Å²) in [6, 6.07) is 5.04. The van der Waals surface area contributed by atoms with E-state index in [1.807, 2.05) is 6.92 Å². The Morgan fingerprint density at radius 1 is 1.55 bits per heavy atom. The SMILES string of the molecule is C[C@@H]1C[C@H]1C(=O)NC[C@@H](O)COc1cccc(Cl)c1Cl. The summed E-state index contributed by atoms with van der Waals surface area (Å²) >= 11 is 11.8. The molecule has 0 bridgehead atoms. The molecule has 2 rings (SSSR count). The van der Waals surface area contributed by atoms with E-state index in [0.29, 0.717) is 21.7 Å². The van der Waals surface area contributed by atoms with Crippen LogP contribution in [0, 0.1) is 11.8 Å². The lowest BCUT2D eigenvalue weighted by Crippen LogP contribution is -2.36. The summed E-state index contributed by atoms with van der Waals surface area (Å²) < 4.78 is 5.39. The summed E-state index contributed by atoms with van der Waals surface area (Å²) in [5.74, 6) is 0.969. The van der Waals surface area contributed by atoms with Gasteiger partial charge in [0.25, 0.3) is 0 Å². The van der Waals surface area contributed by atoms with Crippen molar-refractivity contribution in [3.63, 3.8) is 0 Å². The van der Waals surface area contributed by atoms with Crippen LogP contribution in [-0.2, 0) is 4.79 Å². The minimum atomic E-state index is -0.789. The molecule has 0 spiro atoms. The molecule has 0 aromatic heterocycles. The van der Waals surface area contributed by atoms with Gasteiger partial charge in [0.1, 0.15) is 23.5 Å². The van der Waals surface area contributed by atoms with Crippen molar-refractivity contribution in [1.82, 2.24) is 5.32 Å². The standard InChI is InChI=1S/C14H17Cl2NO3/c1-8-5-10(8)14(19)17-6-9(18)7-20-12-4-2-3-11(15)13(12)16/h2-4,8-10,18H,5-7H2,1H3,(H,17,19)/t8-,9-,10-/m1/s1. The molecular weight excluding hydrogens is 301 g/mol. The summed E-state index contributed by atoms with van der Waals surface area (Å²) in [5, 5.41) is 13.2. The van der Waals surface area contributed by atoms with E-state index in [2.05, 4.69) is 5.32 Å². The van der Waals surface area contributed by atoms with Gasteiger partial charge in [-0.2, -0.15) is 0 Å². The molecule has 0 aliphatic heterocycles. The van der Waals surface area contributed by atoms with E-state index in [1.165, 1.54) is 0 Å². The highest BCUT2D eigenvalue weighted by molar-refractivity contribution is 6.42. The number of aliphatic hydroxyl groups excluding tert-OH is 1. The second kappa shape index (κ2) is 6.66. The Balaban J connectivity index is 1.73. The molecule has 1 saturated carbocycles. The number of ether oxygens (including phenoxy) is 1. The molecule has 0 radical (unpaired) electrons. The topological polar surface area (TPSA) is 58.6 Å². The van der Waals surface area contributed by atoms with E-state index in [0.717, 1.165) is 6.42 Å². The van der Waals surface area contributed by atoms with Gasteiger partial charge in [-0.05, 0) is 24.5 Å². The molecule has 20 heavy (non-hydrogen) atoms. The van der Waals surface area contributed by atoms with E-state index in [4.69, 9.17) is 27.9 Å². The van der Waals surface area contributed by atoms with Crippen molar-refractivity contribution in [3.05, 3.63) is 28.2 Å². The Hall–Kier alpha value is -0.970. The van der Waals surface area contributed by atoms with Gasteiger partial charge in [0.15, 0.2) is 0 Å². The predicted octanol–water partition coefficient (Wildman–Crippen LogP) is 2.51. The molecular formula is C14H17Cl2NO3. The average molecular weight is 318 g/mol. The Labute approximate surface area is 128 Å². The Morgan fingerprint density at radius 3 is 2.90 bits per heavy atom. The molecule has 4 nitrogen and oxygen atoms in total. The smallest absolute Gasteiger partial charge is 0.223 e. The van der Waals surface area contributed by atoms with Crippen molar-refractivity contribution < 1.29 is 14.6 Å². The third-order valence-electron chi connectivity index (χ3n) is 3.31. The minimum absolute atomic E-state index is 0.00246. The first kappa shape index (κ1) is 15.4. The van der Waals surface area contributed by atoms with Crippen molar-refractivity contribution in [1.29, 1.82) is 0 Å². The Kier molecular flexibility index (Phi) is 5.13. The van der Waals surface area contributed by atoms with Crippen LogP contribution in [0.5, 0.6) is 5.75 Å². The highest BCUT2D eigenvalue weighted by atomic mass is 35.5. The maximum absolute atomic E-state index is 11.6. The Bertz CT molecular complexity index is 495. The fraction of sp³-hybridized carbons (Fsp3) is 0.500.